The molecule has 27 heavy (non-hydrogen) atoms. The van der Waals surface area contributed by atoms with Gasteiger partial charge in [-0.15, -0.1) is 8.11 Å². The van der Waals surface area contributed by atoms with Crippen molar-refractivity contribution < 1.29 is 12.6 Å². The number of rotatable bonds is 6. The van der Waals surface area contributed by atoms with Crippen molar-refractivity contribution in [2.45, 2.75) is 31.7 Å². The van der Waals surface area contributed by atoms with Gasteiger partial charge in [0.15, 0.2) is 0 Å². The molecule has 1 atom stereocenters. The fourth-order valence-electron chi connectivity index (χ4n) is 2.45. The quantitative estimate of drug-likeness (QED) is 0.667. The van der Waals surface area contributed by atoms with E-state index < -0.39 is 21.2 Å². The standard InChI is InChI=1S/C18H21N3O3S3/c1-3-13-21-25-18(19-27(23,24)17-11-9-15(2)10-12-17)20(26(21)22)14-16-7-5-4-6-8-16/h4-12H,3,13-14H2,1-2H3/t26-/m1/s1. The minimum atomic E-state index is -3.88. The minimum Gasteiger partial charge on any atom is -0.250 e. The Bertz CT molecular complexity index is 945. The highest BCUT2D eigenvalue weighted by Crippen LogP contribution is 2.32. The third-order valence-corrected chi connectivity index (χ3v) is 8.04. The Morgan fingerprint density at radius 2 is 1.74 bits per heavy atom. The van der Waals surface area contributed by atoms with Crippen LogP contribution in [0.5, 0.6) is 0 Å². The van der Waals surface area contributed by atoms with Crippen LogP contribution < -0.4 is 0 Å². The zero-order valence-corrected chi connectivity index (χ0v) is 17.6. The molecule has 9 heteroatoms. The molecule has 1 heterocycles. The number of nitrogens with zero attached hydrogens (tertiary/aromatic N) is 3. The highest BCUT2D eigenvalue weighted by atomic mass is 32.3. The summed E-state index contributed by atoms with van der Waals surface area (Å²) in [6.07, 6.45) is 0.801. The Balaban J connectivity index is 1.95. The molecule has 1 aliphatic heterocycles. The van der Waals surface area contributed by atoms with Crippen molar-refractivity contribution in [3.05, 3.63) is 65.7 Å². The third-order valence-electron chi connectivity index (χ3n) is 3.85. The lowest BCUT2D eigenvalue weighted by molar-refractivity contribution is 0.561. The summed E-state index contributed by atoms with van der Waals surface area (Å²) in [6.45, 7) is 4.77. The zero-order chi connectivity index (χ0) is 19.4. The lowest BCUT2D eigenvalue weighted by atomic mass is 10.2. The highest BCUT2D eigenvalue weighted by Gasteiger charge is 2.36. The Labute approximate surface area is 167 Å². The second-order valence-corrected chi connectivity index (χ2v) is 10.2. The zero-order valence-electron chi connectivity index (χ0n) is 15.1. The van der Waals surface area contributed by atoms with Gasteiger partial charge < -0.3 is 0 Å². The van der Waals surface area contributed by atoms with E-state index in [-0.39, 0.29) is 10.1 Å². The molecular formula is C18H21N3O3S3. The fraction of sp³-hybridized carbons (Fsp3) is 0.278. The molecule has 0 N–H and O–H groups in total. The van der Waals surface area contributed by atoms with E-state index in [1.54, 1.807) is 15.8 Å². The summed E-state index contributed by atoms with van der Waals surface area (Å²) in [5.74, 6) is 0. The molecule has 1 fully saturated rings. The maximum atomic E-state index is 12.8. The van der Waals surface area contributed by atoms with Gasteiger partial charge >= 0.3 is 0 Å². The lowest BCUT2D eigenvalue weighted by Crippen LogP contribution is -2.28. The van der Waals surface area contributed by atoms with Crippen molar-refractivity contribution in [3.63, 3.8) is 0 Å². The molecule has 2 aromatic carbocycles. The Morgan fingerprint density at radius 3 is 2.37 bits per heavy atom. The molecule has 0 radical (unpaired) electrons. The maximum absolute atomic E-state index is 12.8. The first-order valence-corrected chi connectivity index (χ1v) is 11.8. The largest absolute Gasteiger partial charge is 0.284 e. The van der Waals surface area contributed by atoms with Gasteiger partial charge in [-0.25, -0.2) is 4.21 Å². The molecule has 6 nitrogen and oxygen atoms in total. The molecule has 144 valence electrons. The molecule has 2 aromatic rings. The first-order chi connectivity index (χ1) is 12.9. The Morgan fingerprint density at radius 1 is 1.07 bits per heavy atom. The fourth-order valence-corrected chi connectivity index (χ4v) is 6.41. The predicted octanol–water partition coefficient (Wildman–Crippen LogP) is 3.49. The summed E-state index contributed by atoms with van der Waals surface area (Å²) >= 11 is -0.364. The molecule has 0 aromatic heterocycles. The van der Waals surface area contributed by atoms with E-state index in [0.717, 1.165) is 29.5 Å². The molecule has 1 aliphatic rings. The van der Waals surface area contributed by atoms with E-state index in [2.05, 4.69) is 4.40 Å². The van der Waals surface area contributed by atoms with E-state index in [9.17, 15) is 12.6 Å². The molecule has 0 saturated carbocycles. The minimum absolute atomic E-state index is 0.126. The van der Waals surface area contributed by atoms with Crippen molar-refractivity contribution in [3.8, 4) is 0 Å². The van der Waals surface area contributed by atoms with Crippen molar-refractivity contribution in [1.29, 1.82) is 0 Å². The summed E-state index contributed by atoms with van der Waals surface area (Å²) in [5, 5.41) is 0.228. The summed E-state index contributed by atoms with van der Waals surface area (Å²) in [5.41, 5.74) is 1.91. The van der Waals surface area contributed by atoms with Crippen molar-refractivity contribution in [1.82, 2.24) is 8.02 Å². The monoisotopic (exact) mass is 423 g/mol. The number of hydrogen-bond donors (Lipinski definition) is 0. The number of sulfonamides is 1. The Kier molecular flexibility index (Phi) is 6.36. The predicted molar refractivity (Wildman–Crippen MR) is 111 cm³/mol. The van der Waals surface area contributed by atoms with Crippen LogP contribution >= 0.6 is 11.9 Å². The van der Waals surface area contributed by atoms with Crippen LogP contribution in [-0.4, -0.2) is 32.4 Å². The van der Waals surface area contributed by atoms with Gasteiger partial charge in [0, 0.05) is 18.5 Å². The number of benzene rings is 2. The van der Waals surface area contributed by atoms with E-state index in [4.69, 9.17) is 0 Å². The van der Waals surface area contributed by atoms with Gasteiger partial charge in [0.2, 0.25) is 16.3 Å². The molecular weight excluding hydrogens is 402 g/mol. The van der Waals surface area contributed by atoms with Crippen LogP contribution in [0, 0.1) is 6.92 Å². The van der Waals surface area contributed by atoms with Crippen LogP contribution in [0.4, 0.5) is 0 Å². The van der Waals surface area contributed by atoms with Gasteiger partial charge in [0.05, 0.1) is 11.4 Å². The SMILES string of the molecule is CCCN1SC(=NS(=O)(=O)c2ccc(C)cc2)N(Cc2ccccc2)[S@]1=O. The summed E-state index contributed by atoms with van der Waals surface area (Å²) in [7, 11) is -3.88. The first kappa shape index (κ1) is 20.1. The number of aryl methyl sites for hydroxylation is 1. The first-order valence-electron chi connectivity index (χ1n) is 8.51. The van der Waals surface area contributed by atoms with E-state index in [1.165, 1.54) is 16.4 Å². The molecule has 0 unspecified atom stereocenters. The molecule has 0 aliphatic carbocycles. The van der Waals surface area contributed by atoms with Crippen molar-refractivity contribution in [2.75, 3.05) is 6.54 Å². The lowest BCUT2D eigenvalue weighted by Gasteiger charge is -2.16. The highest BCUT2D eigenvalue weighted by molar-refractivity contribution is 8.21. The smallest absolute Gasteiger partial charge is 0.250 e. The van der Waals surface area contributed by atoms with Gasteiger partial charge in [-0.3, -0.25) is 4.31 Å². The third kappa shape index (κ3) is 4.78. The van der Waals surface area contributed by atoms with Crippen molar-refractivity contribution in [2.24, 2.45) is 4.40 Å². The molecule has 1 saturated heterocycles. The average molecular weight is 424 g/mol. The van der Waals surface area contributed by atoms with Gasteiger partial charge in [-0.1, -0.05) is 55.0 Å². The van der Waals surface area contributed by atoms with Crippen LogP contribution in [0.3, 0.4) is 0 Å². The molecule has 0 bridgehead atoms. The van der Waals surface area contributed by atoms with Crippen LogP contribution in [0.15, 0.2) is 63.9 Å². The molecule has 0 spiro atoms. The summed E-state index contributed by atoms with van der Waals surface area (Å²) < 4.78 is 45.5. The normalized spacial score (nSPS) is 19.7. The number of hydrogen-bond acceptors (Lipinski definition) is 4. The van der Waals surface area contributed by atoms with Crippen LogP contribution in [-0.2, 0) is 27.7 Å². The second-order valence-electron chi connectivity index (χ2n) is 6.06. The van der Waals surface area contributed by atoms with E-state index in [0.29, 0.717) is 13.1 Å². The Hall–Kier alpha value is -1.68. The van der Waals surface area contributed by atoms with E-state index in [1.807, 2.05) is 44.2 Å². The molecule has 0 amide bonds. The summed E-state index contributed by atoms with van der Waals surface area (Å²) in [6, 6.07) is 16.1. The van der Waals surface area contributed by atoms with E-state index >= 15 is 0 Å². The van der Waals surface area contributed by atoms with Gasteiger partial charge in [0.25, 0.3) is 10.0 Å². The van der Waals surface area contributed by atoms with Crippen molar-refractivity contribution >= 4 is 38.3 Å². The average Bonchev–Trinajstić information content (AvgIpc) is 2.92. The van der Waals surface area contributed by atoms with Crippen LogP contribution in [0.1, 0.15) is 24.5 Å². The summed E-state index contributed by atoms with van der Waals surface area (Å²) in [4.78, 5) is 0.126. The van der Waals surface area contributed by atoms with Crippen LogP contribution in [0.25, 0.3) is 0 Å². The molecule has 3 rings (SSSR count). The van der Waals surface area contributed by atoms with Gasteiger partial charge in [-0.2, -0.15) is 8.42 Å². The second kappa shape index (κ2) is 8.55. The van der Waals surface area contributed by atoms with Gasteiger partial charge in [-0.05, 0) is 31.0 Å². The van der Waals surface area contributed by atoms with Crippen LogP contribution in [0.2, 0.25) is 0 Å². The maximum Gasteiger partial charge on any atom is 0.284 e. The van der Waals surface area contributed by atoms with Gasteiger partial charge in [0.1, 0.15) is 0 Å². The number of amidine groups is 1. The topological polar surface area (TPSA) is 70.1 Å².